The molecule has 7 heteroatoms. The molecule has 0 saturated carbocycles. The molecule has 2 atom stereocenters. The van der Waals surface area contributed by atoms with Gasteiger partial charge in [0.05, 0.1) is 24.4 Å². The fourth-order valence-corrected chi connectivity index (χ4v) is 5.20. The van der Waals surface area contributed by atoms with Crippen LogP contribution in [0.1, 0.15) is 79.8 Å². The summed E-state index contributed by atoms with van der Waals surface area (Å²) in [5.74, 6) is -0.765. The minimum absolute atomic E-state index is 0.164. The minimum atomic E-state index is -0.905. The summed E-state index contributed by atoms with van der Waals surface area (Å²) in [7, 11) is 0. The number of aliphatic hydroxyl groups is 1. The van der Waals surface area contributed by atoms with Gasteiger partial charge < -0.3 is 25.0 Å². The molecule has 0 aliphatic rings. The zero-order chi connectivity index (χ0) is 31.6. The fraction of sp³-hybridized carbons (Fsp3) is 0.472. The maximum Gasteiger partial charge on any atom is 0.335 e. The number of halogens is 1. The molecule has 3 N–H and O–H groups in total. The average Bonchev–Trinajstić information content (AvgIpc) is 2.95. The molecule has 6 nitrogen and oxygen atoms in total. The number of carboxylic acids is 1. The number of hydrogen-bond donors (Lipinski definition) is 3. The number of aryl methyl sites for hydroxylation is 1. The SMILES string of the molecule is Cc1ccc(CC(C)(C)NC[C@@H](O)COCCCOC(C)c2ccccc2-c2ccc(C(=O)O)c(CC(C)C)c2)cc1F. The Morgan fingerprint density at radius 1 is 1.02 bits per heavy atom. The third kappa shape index (κ3) is 10.8. The Labute approximate surface area is 256 Å². The van der Waals surface area contributed by atoms with Gasteiger partial charge in [0.1, 0.15) is 5.82 Å². The zero-order valence-electron chi connectivity index (χ0n) is 26.5. The summed E-state index contributed by atoms with van der Waals surface area (Å²) in [6.45, 7) is 13.6. The van der Waals surface area contributed by atoms with Crippen molar-refractivity contribution in [2.24, 2.45) is 5.92 Å². The minimum Gasteiger partial charge on any atom is -0.478 e. The number of ether oxygens (including phenoxy) is 2. The van der Waals surface area contributed by atoms with Crippen LogP contribution < -0.4 is 5.32 Å². The highest BCUT2D eigenvalue weighted by Crippen LogP contribution is 2.32. The maximum atomic E-state index is 13.9. The van der Waals surface area contributed by atoms with E-state index in [-0.39, 0.29) is 24.1 Å². The first-order chi connectivity index (χ1) is 20.4. The van der Waals surface area contributed by atoms with Crippen molar-refractivity contribution >= 4 is 5.97 Å². The van der Waals surface area contributed by atoms with Gasteiger partial charge in [-0.25, -0.2) is 9.18 Å². The molecular formula is C36H48FNO5. The van der Waals surface area contributed by atoms with Crippen molar-refractivity contribution in [3.05, 3.63) is 94.3 Å². The van der Waals surface area contributed by atoms with E-state index in [4.69, 9.17) is 9.47 Å². The van der Waals surface area contributed by atoms with Crippen LogP contribution >= 0.6 is 0 Å². The van der Waals surface area contributed by atoms with Crippen LogP contribution in [-0.4, -0.2) is 54.2 Å². The van der Waals surface area contributed by atoms with Crippen LogP contribution in [0.3, 0.4) is 0 Å². The van der Waals surface area contributed by atoms with Gasteiger partial charge in [-0.15, -0.1) is 0 Å². The molecule has 0 spiro atoms. The Hall–Kier alpha value is -3.10. The van der Waals surface area contributed by atoms with E-state index in [9.17, 15) is 19.4 Å². The lowest BCUT2D eigenvalue weighted by Gasteiger charge is -2.28. The molecule has 0 bridgehead atoms. The number of hydrogen-bond acceptors (Lipinski definition) is 5. The largest absolute Gasteiger partial charge is 0.478 e. The van der Waals surface area contributed by atoms with Crippen molar-refractivity contribution in [2.45, 2.75) is 78.6 Å². The van der Waals surface area contributed by atoms with Crippen molar-refractivity contribution < 1.29 is 28.9 Å². The second kappa shape index (κ2) is 16.1. The van der Waals surface area contributed by atoms with Gasteiger partial charge in [-0.3, -0.25) is 0 Å². The molecule has 0 saturated heterocycles. The second-order valence-electron chi connectivity index (χ2n) is 12.5. The highest BCUT2D eigenvalue weighted by atomic mass is 19.1. The normalized spacial score (nSPS) is 13.3. The van der Waals surface area contributed by atoms with Gasteiger partial charge in [0.15, 0.2) is 0 Å². The Morgan fingerprint density at radius 3 is 2.47 bits per heavy atom. The monoisotopic (exact) mass is 593 g/mol. The van der Waals surface area contributed by atoms with E-state index in [1.165, 1.54) is 0 Å². The van der Waals surface area contributed by atoms with E-state index < -0.39 is 12.1 Å². The van der Waals surface area contributed by atoms with Gasteiger partial charge in [-0.05, 0) is 98.4 Å². The second-order valence-corrected chi connectivity index (χ2v) is 12.5. The number of β-amino-alcohol motifs (C(OH)–C–C–N with tert-alkyl or cyclic N) is 1. The first kappa shape index (κ1) is 34.4. The molecule has 0 heterocycles. The molecule has 3 aromatic carbocycles. The smallest absolute Gasteiger partial charge is 0.335 e. The maximum absolute atomic E-state index is 13.9. The first-order valence-electron chi connectivity index (χ1n) is 15.2. The lowest BCUT2D eigenvalue weighted by Crippen LogP contribution is -2.46. The quantitative estimate of drug-likeness (QED) is 0.144. The summed E-state index contributed by atoms with van der Waals surface area (Å²) in [4.78, 5) is 11.8. The molecule has 0 radical (unpaired) electrons. The summed E-state index contributed by atoms with van der Waals surface area (Å²) in [6.07, 6.45) is 1.20. The summed E-state index contributed by atoms with van der Waals surface area (Å²) in [5.41, 5.74) is 5.47. The van der Waals surface area contributed by atoms with Crippen LogP contribution in [0, 0.1) is 18.7 Å². The van der Waals surface area contributed by atoms with Gasteiger partial charge in [0.2, 0.25) is 0 Å². The van der Waals surface area contributed by atoms with E-state index in [2.05, 4.69) is 19.2 Å². The molecule has 43 heavy (non-hydrogen) atoms. The lowest BCUT2D eigenvalue weighted by atomic mass is 9.91. The van der Waals surface area contributed by atoms with E-state index >= 15 is 0 Å². The first-order valence-corrected chi connectivity index (χ1v) is 15.2. The summed E-state index contributed by atoms with van der Waals surface area (Å²) in [5, 5.41) is 23.4. The van der Waals surface area contributed by atoms with Crippen molar-refractivity contribution in [2.75, 3.05) is 26.4 Å². The number of carboxylic acid groups (broad SMARTS) is 1. The lowest BCUT2D eigenvalue weighted by molar-refractivity contribution is 0.0116. The molecule has 0 aromatic heterocycles. The predicted molar refractivity (Wildman–Crippen MR) is 170 cm³/mol. The van der Waals surface area contributed by atoms with Crippen molar-refractivity contribution in [1.82, 2.24) is 5.32 Å². The van der Waals surface area contributed by atoms with Gasteiger partial charge in [0, 0.05) is 25.3 Å². The fourth-order valence-electron chi connectivity index (χ4n) is 5.20. The highest BCUT2D eigenvalue weighted by molar-refractivity contribution is 5.90. The number of aromatic carboxylic acids is 1. The number of nitrogens with one attached hydrogen (secondary N) is 1. The van der Waals surface area contributed by atoms with E-state index in [1.54, 1.807) is 25.1 Å². The Balaban J connectivity index is 1.44. The topological polar surface area (TPSA) is 88.0 Å². The number of rotatable bonds is 17. The van der Waals surface area contributed by atoms with Crippen molar-refractivity contribution in [3.63, 3.8) is 0 Å². The molecule has 1 unspecified atom stereocenters. The molecular weight excluding hydrogens is 545 g/mol. The van der Waals surface area contributed by atoms with Gasteiger partial charge in [-0.1, -0.05) is 62.4 Å². The van der Waals surface area contributed by atoms with Crippen LogP contribution in [0.25, 0.3) is 11.1 Å². The molecule has 3 rings (SSSR count). The molecule has 3 aromatic rings. The molecule has 0 fully saturated rings. The van der Waals surface area contributed by atoms with Gasteiger partial charge >= 0.3 is 5.97 Å². The Kier molecular flexibility index (Phi) is 12.9. The van der Waals surface area contributed by atoms with E-state index in [0.29, 0.717) is 56.1 Å². The number of carbonyl (C=O) groups is 1. The molecule has 0 aliphatic carbocycles. The Bertz CT molecular complexity index is 1340. The van der Waals surface area contributed by atoms with Crippen molar-refractivity contribution in [3.8, 4) is 11.1 Å². The third-order valence-electron chi connectivity index (χ3n) is 7.48. The van der Waals surface area contributed by atoms with Gasteiger partial charge in [-0.2, -0.15) is 0 Å². The number of benzene rings is 3. The highest BCUT2D eigenvalue weighted by Gasteiger charge is 2.20. The van der Waals surface area contributed by atoms with Crippen LogP contribution in [0.15, 0.2) is 60.7 Å². The number of aliphatic hydroxyl groups excluding tert-OH is 1. The molecule has 0 amide bonds. The van der Waals surface area contributed by atoms with Crippen LogP contribution in [-0.2, 0) is 22.3 Å². The standard InChI is InChI=1S/C36H48FNO5/c1-24(2)18-29-20-28(14-15-33(29)35(40)41)32-11-8-7-10-31(32)26(4)43-17-9-16-42-23-30(39)22-38-36(5,6)21-27-13-12-25(3)34(37)19-27/h7-8,10-15,19-20,24,26,30,38-39H,9,16-18,21-23H2,1-6H3,(H,40,41)/t26?,30-/m1/s1. The predicted octanol–water partition coefficient (Wildman–Crippen LogP) is 7.15. The average molecular weight is 594 g/mol. The van der Waals surface area contributed by atoms with Crippen LogP contribution in [0.5, 0.6) is 0 Å². The van der Waals surface area contributed by atoms with Gasteiger partial charge in [0.25, 0.3) is 0 Å². The third-order valence-corrected chi connectivity index (χ3v) is 7.48. The van der Waals surface area contributed by atoms with Crippen LogP contribution in [0.2, 0.25) is 0 Å². The molecule has 0 aliphatic heterocycles. The van der Waals surface area contributed by atoms with E-state index in [1.807, 2.05) is 63.2 Å². The Morgan fingerprint density at radius 2 is 1.77 bits per heavy atom. The zero-order valence-corrected chi connectivity index (χ0v) is 26.5. The summed E-state index contributed by atoms with van der Waals surface area (Å²) >= 11 is 0. The summed E-state index contributed by atoms with van der Waals surface area (Å²) in [6, 6.07) is 18.9. The van der Waals surface area contributed by atoms with Crippen LogP contribution in [0.4, 0.5) is 4.39 Å². The van der Waals surface area contributed by atoms with Crippen molar-refractivity contribution in [1.29, 1.82) is 0 Å². The molecule has 234 valence electrons. The van der Waals surface area contributed by atoms with E-state index in [0.717, 1.165) is 27.8 Å². The summed E-state index contributed by atoms with van der Waals surface area (Å²) < 4.78 is 25.7.